The van der Waals surface area contributed by atoms with Gasteiger partial charge >= 0.3 is 0 Å². The lowest BCUT2D eigenvalue weighted by molar-refractivity contribution is -0.119. The lowest BCUT2D eigenvalue weighted by atomic mass is 9.96. The Morgan fingerprint density at radius 1 is 0.396 bits per heavy atom. The maximum atomic E-state index is 12.3. The second kappa shape index (κ2) is 36.9. The first-order chi connectivity index (χ1) is 66.9. The van der Waals surface area contributed by atoms with Crippen LogP contribution in [0.15, 0.2) is 207 Å². The van der Waals surface area contributed by atoms with Crippen LogP contribution in [0.5, 0.6) is 5.75 Å². The van der Waals surface area contributed by atoms with Crippen LogP contribution in [-0.2, 0) is 84.6 Å². The summed E-state index contributed by atoms with van der Waals surface area (Å²) in [6, 6.07) is 61.6. The van der Waals surface area contributed by atoms with E-state index in [0.717, 1.165) is 129 Å². The molecular weight excluding hydrogens is 1740 g/mol. The standard InChI is InChI=1S/C24H28N2O.C23H23N5O.C22H24N4O2.C22H23N3O.C21H21N7O/c1-15-13-18(27)14-17-9-8-11-20(22(17)25-15)23-16(2)19-10-6-7-12-21(19)26(23)24(3,4)5;1-14-9-22(29)26-19-6-4-5-18(23(19)25-14)21-11-16-8-7-15(10-20(16)28(21)3)17-12-24-27(2)13-17;1-12-10-19(27)24-22-18(28-3)9-7-15(21(22)23-12)14-6-8-17-16(11-14)20(13-4-5-13)25-26(17)2;1-13-10-17(26)11-16-4-3-5-18(21(16)23-13)15-8-9-20-19(12-15)22(14-6-7-14)24-25(20)2;1-12-8-18(29)25-16-6-7-22-20(21(16)24-12)13-4-5-17-15(9-13)19(26-28(17)3)14-10-23-27(2)11-14/h6-12,15,25H,13-14H2,1-5H3;4-8,10-14,25H,9H2,1-3H3,(H,26,29);6-9,11-13,23H,4-5,10H2,1-3H3,(H,24,27);3-5,8-9,12-14,23H,6-7,10-11H2,1-2H3;4-7,9-12,24H,8H2,1-3H3,(H,25,29)/t15-;14-;12-;13-;12-/m11111/s1. The molecule has 3 amide bonds. The molecule has 0 radical (unpaired) electrons. The van der Waals surface area contributed by atoms with Crippen molar-refractivity contribution >= 4 is 129 Å². The number of carbonyl (C=O) groups excluding carboxylic acids is 5. The van der Waals surface area contributed by atoms with Crippen LogP contribution in [0, 0.1) is 6.92 Å². The van der Waals surface area contributed by atoms with Gasteiger partial charge in [0.1, 0.15) is 28.7 Å². The van der Waals surface area contributed by atoms with E-state index in [1.807, 2.05) is 130 Å². The zero-order valence-corrected chi connectivity index (χ0v) is 81.7. The summed E-state index contributed by atoms with van der Waals surface area (Å²) >= 11 is 0. The fraction of sp³-hybridized carbons (Fsp3) is 0.312. The van der Waals surface area contributed by atoms with Crippen molar-refractivity contribution in [3.63, 3.8) is 0 Å². The molecule has 5 aliphatic heterocycles. The van der Waals surface area contributed by atoms with Crippen LogP contribution in [0.3, 0.4) is 0 Å². The maximum absolute atomic E-state index is 12.3. The molecule has 8 N–H and O–H groups in total. The topological polar surface area (TPSA) is 303 Å². The molecule has 139 heavy (non-hydrogen) atoms. The van der Waals surface area contributed by atoms with Crippen molar-refractivity contribution in [2.24, 2.45) is 42.3 Å². The summed E-state index contributed by atoms with van der Waals surface area (Å²) in [5.41, 5.74) is 33.9. The molecule has 27 nitrogen and oxygen atoms in total. The number of para-hydroxylation sites is 4. The van der Waals surface area contributed by atoms with Crippen LogP contribution < -0.4 is 47.3 Å². The highest BCUT2D eigenvalue weighted by Crippen LogP contribution is 2.50. The Morgan fingerprint density at radius 3 is 1.48 bits per heavy atom. The van der Waals surface area contributed by atoms with Crippen molar-refractivity contribution in [1.82, 2.24) is 63.0 Å². The van der Waals surface area contributed by atoms with E-state index >= 15 is 0 Å². The first kappa shape index (κ1) is 91.4. The van der Waals surface area contributed by atoms with Crippen molar-refractivity contribution in [3.05, 3.63) is 235 Å². The van der Waals surface area contributed by atoms with E-state index in [-0.39, 0.29) is 53.5 Å². The molecule has 13 heterocycles. The van der Waals surface area contributed by atoms with Crippen LogP contribution in [-0.4, -0.2) is 130 Å². The largest absolute Gasteiger partial charge is 0.494 e. The second-order valence-electron chi connectivity index (χ2n) is 39.8. The molecular formula is C112H119N21O6. The molecule has 7 aliphatic rings. The number of pyridine rings is 1. The average molecular weight is 1860 g/mol. The van der Waals surface area contributed by atoms with Gasteiger partial charge in [-0.3, -0.25) is 52.4 Å². The first-order valence-corrected chi connectivity index (χ1v) is 48.3. The summed E-state index contributed by atoms with van der Waals surface area (Å²) in [4.78, 5) is 65.6. The van der Waals surface area contributed by atoms with Crippen molar-refractivity contribution in [2.45, 2.75) is 181 Å². The zero-order chi connectivity index (χ0) is 96.8. The number of nitrogens with zero attached hydrogens (tertiary/aromatic N) is 13. The maximum Gasteiger partial charge on any atom is 0.226 e. The SMILES string of the molecule is COc1ccc(-c2ccc3c(c2)c(C2CC2)nn3C)c2c1NC(=O)C[C@@H](C)N2.C[C@@H]1CC(=O)Cc2cccc(-c3ccc4c(c3)c(C3CC3)nn4C)c2N1.C[C@@H]1CC(=O)Nc2cccc(-c3cc4ccc(-c5cnn(C)c5)cc4n3C)c2N1.C[C@@H]1CC(=O)Nc2ccnc(-c3ccc4c(c3)c(-c3cnn(C)c3)nn4C)c2N1.Cc1c(-c2cccc3c2N[C@H](C)CC(=O)C3)n(C(C)(C)C)c2ccccc12. The van der Waals surface area contributed by atoms with Gasteiger partial charge in [0.15, 0.2) is 0 Å². The van der Waals surface area contributed by atoms with Crippen LogP contribution in [0.25, 0.3) is 133 Å². The van der Waals surface area contributed by atoms with Crippen LogP contribution in [0.1, 0.15) is 153 Å². The number of rotatable bonds is 10. The van der Waals surface area contributed by atoms with Crippen LogP contribution in [0.4, 0.5) is 45.5 Å². The Bertz CT molecular complexity index is 7770. The summed E-state index contributed by atoms with van der Waals surface area (Å²) < 4.78 is 19.6. The van der Waals surface area contributed by atoms with E-state index < -0.39 is 0 Å². The summed E-state index contributed by atoms with van der Waals surface area (Å²) in [5, 5.41) is 55.5. The molecule has 27 heteroatoms. The molecule has 17 aromatic rings. The second-order valence-corrected chi connectivity index (χ2v) is 39.8. The van der Waals surface area contributed by atoms with Gasteiger partial charge < -0.3 is 56.4 Å². The Labute approximate surface area is 807 Å². The molecule has 0 spiro atoms. The fourth-order valence-corrected chi connectivity index (χ4v) is 20.8. The third kappa shape index (κ3) is 18.2. The molecule has 9 aromatic carbocycles. The Balaban J connectivity index is 0.000000107. The monoisotopic (exact) mass is 1850 g/mol. The predicted molar refractivity (Wildman–Crippen MR) is 558 cm³/mol. The van der Waals surface area contributed by atoms with Crippen LogP contribution in [0.2, 0.25) is 0 Å². The van der Waals surface area contributed by atoms with E-state index in [1.54, 1.807) is 18.0 Å². The van der Waals surface area contributed by atoms with E-state index in [0.29, 0.717) is 79.8 Å². The van der Waals surface area contributed by atoms with Gasteiger partial charge in [-0.15, -0.1) is 0 Å². The lowest BCUT2D eigenvalue weighted by Crippen LogP contribution is -2.23. The molecule has 2 fully saturated rings. The highest BCUT2D eigenvalue weighted by atomic mass is 16.5. The Kier molecular flexibility index (Phi) is 24.3. The number of methoxy groups -OCH3 is 1. The Hall–Kier alpha value is -15.4. The number of amides is 3. The third-order valence-corrected chi connectivity index (χ3v) is 27.6. The molecule has 5 atom stereocenters. The third-order valence-electron chi connectivity index (χ3n) is 27.6. The number of nitrogens with one attached hydrogen (secondary N) is 8. The number of hydrogen-bond donors (Lipinski definition) is 8. The van der Waals surface area contributed by atoms with Crippen molar-refractivity contribution in [2.75, 3.05) is 49.6 Å². The molecule has 2 aliphatic carbocycles. The van der Waals surface area contributed by atoms with Gasteiger partial charge in [0.25, 0.3) is 0 Å². The molecule has 708 valence electrons. The number of aromatic nitrogens is 13. The van der Waals surface area contributed by atoms with Gasteiger partial charge in [0.05, 0.1) is 93.0 Å². The number of aryl methyl sites for hydroxylation is 7. The number of carbonyl (C=O) groups is 5. The van der Waals surface area contributed by atoms with Gasteiger partial charge in [-0.1, -0.05) is 97.1 Å². The number of fused-ring (bicyclic) bond motifs is 10. The number of ketones is 2. The van der Waals surface area contributed by atoms with Gasteiger partial charge in [0.2, 0.25) is 17.7 Å². The van der Waals surface area contributed by atoms with Gasteiger partial charge in [-0.2, -0.15) is 25.5 Å². The average Bonchev–Trinajstić information content (AvgIpc) is 1.58. The normalized spacial score (nSPS) is 17.7. The van der Waals surface area contributed by atoms with E-state index in [4.69, 9.17) is 20.0 Å². The minimum Gasteiger partial charge on any atom is -0.494 e. The van der Waals surface area contributed by atoms with E-state index in [9.17, 15) is 24.0 Å². The van der Waals surface area contributed by atoms with Crippen molar-refractivity contribution < 1.29 is 28.7 Å². The Morgan fingerprint density at radius 2 is 0.892 bits per heavy atom. The highest BCUT2D eigenvalue weighted by Gasteiger charge is 2.35. The minimum atomic E-state index is -0.0575. The number of Topliss-reactive ketones (excluding diaryl/α,β-unsaturated/α-hetero) is 2. The first-order valence-electron chi connectivity index (χ1n) is 48.3. The molecule has 0 bridgehead atoms. The highest BCUT2D eigenvalue weighted by molar-refractivity contribution is 6.07. The zero-order valence-electron chi connectivity index (χ0n) is 81.7. The molecule has 2 saturated carbocycles. The fourth-order valence-electron chi connectivity index (χ4n) is 20.8. The number of benzene rings is 9. The van der Waals surface area contributed by atoms with E-state index in [2.05, 4.69) is 261 Å². The summed E-state index contributed by atoms with van der Waals surface area (Å²) in [5.74, 6) is 2.52. The predicted octanol–water partition coefficient (Wildman–Crippen LogP) is 22.0. The van der Waals surface area contributed by atoms with Crippen molar-refractivity contribution in [1.29, 1.82) is 0 Å². The van der Waals surface area contributed by atoms with Gasteiger partial charge in [0, 0.05) is 242 Å². The van der Waals surface area contributed by atoms with Gasteiger partial charge in [-0.05, 0) is 200 Å². The summed E-state index contributed by atoms with van der Waals surface area (Å²) in [6.45, 7) is 19.2. The number of anilines is 8. The molecule has 8 aromatic heterocycles. The quantitative estimate of drug-likeness (QED) is 0.0631. The number of ether oxygens (including phenoxy) is 1. The minimum absolute atomic E-state index is 0.00229. The van der Waals surface area contributed by atoms with E-state index in [1.165, 1.54) is 97.6 Å². The molecule has 24 rings (SSSR count). The summed E-state index contributed by atoms with van der Waals surface area (Å²) in [6.07, 6.45) is 17.8. The summed E-state index contributed by atoms with van der Waals surface area (Å²) in [7, 11) is 13.5. The number of hydrogen-bond acceptors (Lipinski definition) is 17. The lowest BCUT2D eigenvalue weighted by Gasteiger charge is -2.28. The van der Waals surface area contributed by atoms with Crippen molar-refractivity contribution in [3.8, 4) is 84.2 Å². The smallest absolute Gasteiger partial charge is 0.226 e. The van der Waals surface area contributed by atoms with Gasteiger partial charge in [-0.25, -0.2) is 0 Å². The van der Waals surface area contributed by atoms with Crippen LogP contribution >= 0.6 is 0 Å². The molecule has 0 saturated heterocycles. The molecule has 0 unspecified atom stereocenters.